The summed E-state index contributed by atoms with van der Waals surface area (Å²) in [6, 6.07) is 2.07. The molecule has 0 aliphatic carbocycles. The molecule has 17 heavy (non-hydrogen) atoms. The molecule has 0 fully saturated rings. The van der Waals surface area contributed by atoms with Gasteiger partial charge in [0.15, 0.2) is 17.3 Å². The molecule has 2 rings (SSSR count). The van der Waals surface area contributed by atoms with E-state index >= 15 is 0 Å². The lowest BCUT2D eigenvalue weighted by Crippen LogP contribution is -1.99. The molecule has 0 bridgehead atoms. The third-order valence-corrected chi connectivity index (χ3v) is 2.62. The second-order valence-corrected chi connectivity index (χ2v) is 4.80. The largest absolute Gasteiger partial charge is 0.450 e. The van der Waals surface area contributed by atoms with Crippen LogP contribution in [0.3, 0.4) is 0 Å². The molecule has 2 aromatic heterocycles. The van der Waals surface area contributed by atoms with Crippen LogP contribution in [0.4, 0.5) is 5.82 Å². The van der Waals surface area contributed by atoms with E-state index in [0.717, 1.165) is 4.47 Å². The maximum absolute atomic E-state index is 5.72. The molecule has 6 heteroatoms. The summed E-state index contributed by atoms with van der Waals surface area (Å²) < 4.78 is 8.25. The molecule has 0 aliphatic rings. The van der Waals surface area contributed by atoms with Gasteiger partial charge < -0.3 is 10.5 Å². The molecule has 0 unspecified atom stereocenters. The first kappa shape index (κ1) is 11.9. The molecule has 2 aromatic rings. The monoisotopic (exact) mass is 296 g/mol. The summed E-state index contributed by atoms with van der Waals surface area (Å²) >= 11 is 3.32. The fourth-order valence-electron chi connectivity index (χ4n) is 1.30. The summed E-state index contributed by atoms with van der Waals surface area (Å²) in [5.74, 6) is 1.51. The number of hydrogen-bond acceptors (Lipinski definition) is 4. The summed E-state index contributed by atoms with van der Waals surface area (Å²) in [5, 5.41) is 4.18. The quantitative estimate of drug-likeness (QED) is 0.945. The van der Waals surface area contributed by atoms with E-state index in [1.165, 1.54) is 0 Å². The van der Waals surface area contributed by atoms with Crippen LogP contribution in [0.25, 0.3) is 0 Å². The number of hydrogen-bond donors (Lipinski definition) is 1. The van der Waals surface area contributed by atoms with E-state index < -0.39 is 0 Å². The third-order valence-electron chi connectivity index (χ3n) is 2.18. The van der Waals surface area contributed by atoms with Gasteiger partial charge in [-0.05, 0) is 29.8 Å². The highest BCUT2D eigenvalue weighted by atomic mass is 79.9. The number of nitrogens with zero attached hydrogens (tertiary/aromatic N) is 3. The Morgan fingerprint density at radius 1 is 1.41 bits per heavy atom. The minimum atomic E-state index is 0.297. The Balaban J connectivity index is 2.22. The Morgan fingerprint density at radius 2 is 2.18 bits per heavy atom. The number of pyridine rings is 1. The van der Waals surface area contributed by atoms with E-state index in [1.54, 1.807) is 18.5 Å². The summed E-state index contributed by atoms with van der Waals surface area (Å²) in [6.07, 6.45) is 5.10. The Bertz CT molecular complexity index is 524. The Hall–Kier alpha value is -1.56. The van der Waals surface area contributed by atoms with Crippen molar-refractivity contribution in [2.75, 3.05) is 5.73 Å². The molecule has 0 amide bonds. The number of aromatic nitrogens is 3. The molecule has 0 aliphatic heterocycles. The van der Waals surface area contributed by atoms with E-state index in [1.807, 2.05) is 24.7 Å². The summed E-state index contributed by atoms with van der Waals surface area (Å²) in [5.41, 5.74) is 5.72. The zero-order valence-corrected chi connectivity index (χ0v) is 11.2. The first-order valence-electron chi connectivity index (χ1n) is 5.19. The topological polar surface area (TPSA) is 66.0 Å². The van der Waals surface area contributed by atoms with Crippen molar-refractivity contribution in [3.63, 3.8) is 0 Å². The Labute approximate surface area is 108 Å². The second kappa shape index (κ2) is 4.75. The van der Waals surface area contributed by atoms with Crippen LogP contribution in [0.15, 0.2) is 29.1 Å². The van der Waals surface area contributed by atoms with Crippen molar-refractivity contribution in [2.45, 2.75) is 19.9 Å². The van der Waals surface area contributed by atoms with Gasteiger partial charge in [-0.2, -0.15) is 5.10 Å². The zero-order chi connectivity index (χ0) is 12.4. The maximum atomic E-state index is 5.72. The number of anilines is 1. The highest BCUT2D eigenvalue weighted by Gasteiger charge is 2.07. The molecule has 90 valence electrons. The summed E-state index contributed by atoms with van der Waals surface area (Å²) in [7, 11) is 0. The van der Waals surface area contributed by atoms with Crippen molar-refractivity contribution in [3.8, 4) is 11.5 Å². The van der Waals surface area contributed by atoms with Crippen LogP contribution >= 0.6 is 15.9 Å². The van der Waals surface area contributed by atoms with Crippen LogP contribution in [0.5, 0.6) is 11.5 Å². The van der Waals surface area contributed by atoms with Gasteiger partial charge in [-0.1, -0.05) is 0 Å². The summed E-state index contributed by atoms with van der Waals surface area (Å²) in [4.78, 5) is 4.00. The average Bonchev–Trinajstić information content (AvgIpc) is 2.72. The lowest BCUT2D eigenvalue weighted by Gasteiger charge is -2.06. The normalized spacial score (nSPS) is 10.8. The van der Waals surface area contributed by atoms with Gasteiger partial charge in [0.2, 0.25) is 0 Å². The zero-order valence-electron chi connectivity index (χ0n) is 9.59. The van der Waals surface area contributed by atoms with Crippen molar-refractivity contribution in [2.24, 2.45) is 0 Å². The van der Waals surface area contributed by atoms with Gasteiger partial charge in [-0.25, -0.2) is 4.98 Å². The lowest BCUT2D eigenvalue weighted by molar-refractivity contribution is 0.477. The minimum Gasteiger partial charge on any atom is -0.450 e. The fraction of sp³-hybridized carbons (Fsp3) is 0.273. The van der Waals surface area contributed by atoms with Crippen LogP contribution in [0.1, 0.15) is 19.9 Å². The van der Waals surface area contributed by atoms with Gasteiger partial charge in [0.1, 0.15) is 0 Å². The van der Waals surface area contributed by atoms with Crippen LogP contribution in [-0.2, 0) is 0 Å². The van der Waals surface area contributed by atoms with Crippen molar-refractivity contribution >= 4 is 21.7 Å². The highest BCUT2D eigenvalue weighted by Crippen LogP contribution is 2.28. The van der Waals surface area contributed by atoms with Crippen molar-refractivity contribution < 1.29 is 4.74 Å². The SMILES string of the molecule is CC(C)n1cc(Oc2cc(Br)cnc2N)cn1. The molecule has 0 radical (unpaired) electrons. The van der Waals surface area contributed by atoms with Crippen LogP contribution in [-0.4, -0.2) is 14.8 Å². The molecule has 2 N–H and O–H groups in total. The number of halogens is 1. The van der Waals surface area contributed by atoms with Crippen molar-refractivity contribution in [3.05, 3.63) is 29.1 Å². The standard InChI is InChI=1S/C11H13BrN4O/c1-7(2)16-6-9(5-15-16)17-10-3-8(12)4-14-11(10)13/h3-7H,1-2H3,(H2,13,14). The molecular formula is C11H13BrN4O. The lowest BCUT2D eigenvalue weighted by atomic mass is 10.4. The Morgan fingerprint density at radius 3 is 2.82 bits per heavy atom. The smallest absolute Gasteiger partial charge is 0.170 e. The van der Waals surface area contributed by atoms with E-state index in [2.05, 4.69) is 26.0 Å². The van der Waals surface area contributed by atoms with Crippen LogP contribution < -0.4 is 10.5 Å². The molecule has 0 saturated carbocycles. The number of nitrogens with two attached hydrogens (primary N) is 1. The van der Waals surface area contributed by atoms with Crippen molar-refractivity contribution in [1.82, 2.24) is 14.8 Å². The molecule has 0 aromatic carbocycles. The second-order valence-electron chi connectivity index (χ2n) is 3.89. The van der Waals surface area contributed by atoms with Gasteiger partial charge in [0.05, 0.1) is 12.4 Å². The van der Waals surface area contributed by atoms with Crippen LogP contribution in [0, 0.1) is 0 Å². The highest BCUT2D eigenvalue weighted by molar-refractivity contribution is 9.10. The van der Waals surface area contributed by atoms with Gasteiger partial charge in [-0.3, -0.25) is 4.68 Å². The first-order chi connectivity index (χ1) is 8.06. The Kier molecular flexibility index (Phi) is 3.33. The predicted molar refractivity (Wildman–Crippen MR) is 69.0 cm³/mol. The molecule has 0 atom stereocenters. The predicted octanol–water partition coefficient (Wildman–Crippen LogP) is 3.00. The van der Waals surface area contributed by atoms with Crippen molar-refractivity contribution in [1.29, 1.82) is 0 Å². The number of rotatable bonds is 3. The first-order valence-corrected chi connectivity index (χ1v) is 5.98. The van der Waals surface area contributed by atoms with E-state index in [9.17, 15) is 0 Å². The maximum Gasteiger partial charge on any atom is 0.170 e. The molecule has 2 heterocycles. The minimum absolute atomic E-state index is 0.297. The molecule has 5 nitrogen and oxygen atoms in total. The van der Waals surface area contributed by atoms with Gasteiger partial charge in [0, 0.05) is 22.8 Å². The molecular weight excluding hydrogens is 284 g/mol. The van der Waals surface area contributed by atoms with Gasteiger partial charge >= 0.3 is 0 Å². The van der Waals surface area contributed by atoms with Gasteiger partial charge in [0.25, 0.3) is 0 Å². The van der Waals surface area contributed by atoms with E-state index in [4.69, 9.17) is 10.5 Å². The third kappa shape index (κ3) is 2.76. The average molecular weight is 297 g/mol. The number of nitrogen functional groups attached to an aromatic ring is 1. The molecule has 0 spiro atoms. The number of ether oxygens (including phenoxy) is 1. The summed E-state index contributed by atoms with van der Waals surface area (Å²) in [6.45, 7) is 4.09. The fourth-order valence-corrected chi connectivity index (χ4v) is 1.61. The van der Waals surface area contributed by atoms with Crippen LogP contribution in [0.2, 0.25) is 0 Å². The van der Waals surface area contributed by atoms with E-state index in [0.29, 0.717) is 23.4 Å². The molecule has 0 saturated heterocycles. The van der Waals surface area contributed by atoms with E-state index in [-0.39, 0.29) is 0 Å². The van der Waals surface area contributed by atoms with Gasteiger partial charge in [-0.15, -0.1) is 0 Å².